The maximum atomic E-state index is 12.9. The van der Waals surface area contributed by atoms with Gasteiger partial charge in [0.25, 0.3) is 0 Å². The van der Waals surface area contributed by atoms with Crippen molar-refractivity contribution >= 4 is 23.6 Å². The lowest BCUT2D eigenvalue weighted by molar-refractivity contribution is -0.134. The lowest BCUT2D eigenvalue weighted by atomic mass is 9.80. The van der Waals surface area contributed by atoms with E-state index < -0.39 is 5.54 Å². The number of benzene rings is 1. The molecule has 0 radical (unpaired) electrons. The lowest BCUT2D eigenvalue weighted by Crippen LogP contribution is -2.60. The minimum Gasteiger partial charge on any atom is -0.354 e. The minimum absolute atomic E-state index is 0.0397. The summed E-state index contributed by atoms with van der Waals surface area (Å²) < 4.78 is 2.01. The van der Waals surface area contributed by atoms with Gasteiger partial charge in [-0.3, -0.25) is 9.59 Å². The third kappa shape index (κ3) is 6.32. The molecule has 7 nitrogen and oxygen atoms in total. The minimum atomic E-state index is -0.780. The molecule has 1 heterocycles. The summed E-state index contributed by atoms with van der Waals surface area (Å²) in [4.78, 5) is 25.7. The van der Waals surface area contributed by atoms with Gasteiger partial charge in [-0.2, -0.15) is 0 Å². The van der Waals surface area contributed by atoms with Crippen molar-refractivity contribution in [3.05, 3.63) is 41.7 Å². The van der Waals surface area contributed by atoms with E-state index in [1.165, 1.54) is 11.8 Å². The number of aryl methyl sites for hydroxylation is 1. The summed E-state index contributed by atoms with van der Waals surface area (Å²) >= 11 is 1.36. The number of thioether (sulfide) groups is 1. The van der Waals surface area contributed by atoms with E-state index in [2.05, 4.69) is 39.9 Å². The third-order valence-corrected chi connectivity index (χ3v) is 6.72. The number of aromatic nitrogens is 3. The number of carbonyl (C=O) groups excluding carboxylic acids is 2. The van der Waals surface area contributed by atoms with E-state index in [-0.39, 0.29) is 17.6 Å². The van der Waals surface area contributed by atoms with Crippen LogP contribution in [0.4, 0.5) is 0 Å². The smallest absolute Gasteiger partial charge is 0.245 e. The van der Waals surface area contributed by atoms with Crippen LogP contribution in [0.25, 0.3) is 0 Å². The molecule has 2 aromatic rings. The van der Waals surface area contributed by atoms with E-state index in [1.807, 2.05) is 29.7 Å². The van der Waals surface area contributed by atoms with Gasteiger partial charge >= 0.3 is 0 Å². The zero-order valence-corrected chi connectivity index (χ0v) is 19.3. The van der Waals surface area contributed by atoms with Crippen molar-refractivity contribution in [2.24, 2.45) is 0 Å². The summed E-state index contributed by atoms with van der Waals surface area (Å²) in [6.45, 7) is 5.33. The average molecular weight is 444 g/mol. The van der Waals surface area contributed by atoms with Crippen LogP contribution in [-0.2, 0) is 16.1 Å². The summed E-state index contributed by atoms with van der Waals surface area (Å²) in [5, 5.41) is 15.2. The van der Waals surface area contributed by atoms with Crippen molar-refractivity contribution in [3.8, 4) is 0 Å². The van der Waals surface area contributed by atoms with Gasteiger partial charge in [-0.15, -0.1) is 10.2 Å². The Bertz CT molecular complexity index is 862. The fourth-order valence-corrected chi connectivity index (χ4v) is 4.74. The highest BCUT2D eigenvalue weighted by Gasteiger charge is 2.40. The number of rotatable bonds is 10. The first-order valence-electron chi connectivity index (χ1n) is 11.2. The molecular weight excluding hydrogens is 410 g/mol. The Hall–Kier alpha value is -2.35. The van der Waals surface area contributed by atoms with Crippen molar-refractivity contribution < 1.29 is 9.59 Å². The number of hydrogen-bond acceptors (Lipinski definition) is 5. The topological polar surface area (TPSA) is 88.9 Å². The molecule has 0 aliphatic heterocycles. The molecule has 2 amide bonds. The molecule has 168 valence electrons. The number of hydrogen-bond donors (Lipinski definition) is 2. The van der Waals surface area contributed by atoms with E-state index in [1.54, 1.807) is 0 Å². The van der Waals surface area contributed by atoms with Crippen LogP contribution in [0, 0.1) is 6.92 Å². The van der Waals surface area contributed by atoms with E-state index in [9.17, 15) is 9.59 Å². The van der Waals surface area contributed by atoms with Crippen LogP contribution in [0.5, 0.6) is 0 Å². The Kier molecular flexibility index (Phi) is 8.51. The molecule has 0 spiro atoms. The molecular formula is C23H33N5O2S. The van der Waals surface area contributed by atoms with Crippen LogP contribution in [0.15, 0.2) is 35.5 Å². The van der Waals surface area contributed by atoms with Crippen molar-refractivity contribution in [3.63, 3.8) is 0 Å². The van der Waals surface area contributed by atoms with Gasteiger partial charge in [0.05, 0.1) is 12.3 Å². The molecule has 1 aromatic heterocycles. The highest BCUT2D eigenvalue weighted by molar-refractivity contribution is 7.99. The van der Waals surface area contributed by atoms with E-state index in [4.69, 9.17) is 0 Å². The van der Waals surface area contributed by atoms with Gasteiger partial charge in [0, 0.05) is 6.54 Å². The second-order valence-corrected chi connectivity index (χ2v) is 9.13. The zero-order valence-electron chi connectivity index (χ0n) is 18.5. The maximum Gasteiger partial charge on any atom is 0.245 e. The average Bonchev–Trinajstić information content (AvgIpc) is 3.13. The first-order valence-corrected chi connectivity index (χ1v) is 12.2. The Morgan fingerprint density at radius 1 is 1.13 bits per heavy atom. The number of unbranched alkanes of at least 4 members (excludes halogenated alkanes) is 1. The van der Waals surface area contributed by atoms with Crippen molar-refractivity contribution in [2.75, 3.05) is 12.3 Å². The number of amides is 2. The van der Waals surface area contributed by atoms with Gasteiger partial charge in [-0.1, -0.05) is 74.7 Å². The second-order valence-electron chi connectivity index (χ2n) is 8.19. The van der Waals surface area contributed by atoms with Crippen LogP contribution < -0.4 is 10.6 Å². The van der Waals surface area contributed by atoms with Crippen molar-refractivity contribution in [1.29, 1.82) is 0 Å². The van der Waals surface area contributed by atoms with Crippen LogP contribution in [0.2, 0.25) is 0 Å². The molecule has 2 N–H and O–H groups in total. The summed E-state index contributed by atoms with van der Waals surface area (Å²) in [6, 6.07) is 10.1. The van der Waals surface area contributed by atoms with Gasteiger partial charge < -0.3 is 15.2 Å². The summed E-state index contributed by atoms with van der Waals surface area (Å²) in [5.74, 6) is 0.842. The molecule has 8 heteroatoms. The predicted octanol–water partition coefficient (Wildman–Crippen LogP) is 3.46. The van der Waals surface area contributed by atoms with E-state index in [0.717, 1.165) is 43.5 Å². The van der Waals surface area contributed by atoms with Crippen LogP contribution >= 0.6 is 11.8 Å². The zero-order chi connectivity index (χ0) is 22.1. The molecule has 1 saturated carbocycles. The highest BCUT2D eigenvalue weighted by atomic mass is 32.2. The molecule has 1 aliphatic carbocycles. The molecule has 1 fully saturated rings. The standard InChI is InChI=1S/C23H33N5O2S/c1-3-4-15-24-21(30)23(13-9-6-10-14-23)25-20(29)17-31-22-27-26-18(2)28(22)16-19-11-7-5-8-12-19/h5,7-8,11-12H,3-4,6,9-10,13-17H2,1-2H3,(H,24,30)(H,25,29). The molecule has 0 unspecified atom stereocenters. The SMILES string of the molecule is CCCCNC(=O)C1(NC(=O)CSc2nnc(C)n2Cc2ccccc2)CCCCC1. The van der Waals surface area contributed by atoms with Crippen LogP contribution in [-0.4, -0.2) is 44.4 Å². The first kappa shape index (κ1) is 23.3. The molecule has 0 bridgehead atoms. The van der Waals surface area contributed by atoms with Gasteiger partial charge in [0.2, 0.25) is 11.8 Å². The number of nitrogens with one attached hydrogen (secondary N) is 2. The Morgan fingerprint density at radius 3 is 2.58 bits per heavy atom. The summed E-state index contributed by atoms with van der Waals surface area (Å²) in [6.07, 6.45) is 6.39. The molecule has 31 heavy (non-hydrogen) atoms. The van der Waals surface area contributed by atoms with Crippen LogP contribution in [0.3, 0.4) is 0 Å². The molecule has 0 saturated heterocycles. The quantitative estimate of drug-likeness (QED) is 0.434. The van der Waals surface area contributed by atoms with Crippen molar-refractivity contribution in [2.45, 2.75) is 76.0 Å². The highest BCUT2D eigenvalue weighted by Crippen LogP contribution is 2.29. The maximum absolute atomic E-state index is 12.9. The fraction of sp³-hybridized carbons (Fsp3) is 0.565. The fourth-order valence-electron chi connectivity index (χ4n) is 3.96. The van der Waals surface area contributed by atoms with Gasteiger partial charge in [0.1, 0.15) is 11.4 Å². The van der Waals surface area contributed by atoms with Gasteiger partial charge in [-0.25, -0.2) is 0 Å². The van der Waals surface area contributed by atoms with Gasteiger partial charge in [-0.05, 0) is 31.7 Å². The molecule has 0 atom stereocenters. The Balaban J connectivity index is 1.61. The van der Waals surface area contributed by atoms with Gasteiger partial charge in [0.15, 0.2) is 5.16 Å². The van der Waals surface area contributed by atoms with Crippen LogP contribution in [0.1, 0.15) is 63.3 Å². The van der Waals surface area contributed by atoms with E-state index >= 15 is 0 Å². The molecule has 1 aliphatic rings. The summed E-state index contributed by atoms with van der Waals surface area (Å²) in [5.41, 5.74) is 0.374. The van der Waals surface area contributed by atoms with E-state index in [0.29, 0.717) is 31.1 Å². The largest absolute Gasteiger partial charge is 0.354 e. The second kappa shape index (κ2) is 11.3. The monoisotopic (exact) mass is 443 g/mol. The van der Waals surface area contributed by atoms with Crippen molar-refractivity contribution in [1.82, 2.24) is 25.4 Å². The predicted molar refractivity (Wildman–Crippen MR) is 123 cm³/mol. The number of carbonyl (C=O) groups is 2. The number of nitrogens with zero attached hydrogens (tertiary/aromatic N) is 3. The summed E-state index contributed by atoms with van der Waals surface area (Å²) in [7, 11) is 0. The Labute approximate surface area is 188 Å². The molecule has 3 rings (SSSR count). The first-order chi connectivity index (χ1) is 15.0. The third-order valence-electron chi connectivity index (χ3n) is 5.75. The normalized spacial score (nSPS) is 15.4. The lowest BCUT2D eigenvalue weighted by Gasteiger charge is -2.36. The Morgan fingerprint density at radius 2 is 1.87 bits per heavy atom. The molecule has 1 aromatic carbocycles.